The van der Waals surface area contributed by atoms with Gasteiger partial charge in [0.2, 0.25) is 0 Å². The fraction of sp³-hybridized carbons (Fsp3) is 1.00. The highest BCUT2D eigenvalue weighted by molar-refractivity contribution is 5.03. The maximum atomic E-state index is 2.35. The van der Waals surface area contributed by atoms with Crippen molar-refractivity contribution in [3.05, 3.63) is 0 Å². The molecule has 1 fully saturated rings. The minimum Gasteiger partial charge on any atom is -0.308 e. The molecule has 0 bridgehead atoms. The van der Waals surface area contributed by atoms with E-state index in [2.05, 4.69) is 38.0 Å². The van der Waals surface area contributed by atoms with Gasteiger partial charge in [-0.05, 0) is 41.0 Å². The van der Waals surface area contributed by atoms with Crippen LogP contribution in [0, 0.1) is 0 Å². The summed E-state index contributed by atoms with van der Waals surface area (Å²) in [5.74, 6) is 0. The Labute approximate surface area is 77.5 Å². The van der Waals surface area contributed by atoms with Crippen LogP contribution in [0.5, 0.6) is 0 Å². The Morgan fingerprint density at radius 1 is 1.00 bits per heavy atom. The van der Waals surface area contributed by atoms with Crippen LogP contribution in [0.25, 0.3) is 0 Å². The van der Waals surface area contributed by atoms with Crippen LogP contribution in [-0.2, 0) is 0 Å². The Morgan fingerprint density at radius 3 is 1.50 bits per heavy atom. The molecule has 0 saturated heterocycles. The molecule has 0 aromatic rings. The Bertz CT molecular complexity index is 115. The van der Waals surface area contributed by atoms with Crippen molar-refractivity contribution in [2.24, 2.45) is 0 Å². The Balaban J connectivity index is 0.000000561. The van der Waals surface area contributed by atoms with E-state index in [4.69, 9.17) is 0 Å². The molecule has 0 N–H and O–H groups in total. The van der Waals surface area contributed by atoms with Gasteiger partial charge in [-0.3, -0.25) is 0 Å². The van der Waals surface area contributed by atoms with Gasteiger partial charge >= 0.3 is 0 Å². The largest absolute Gasteiger partial charge is 0.308 e. The van der Waals surface area contributed by atoms with Gasteiger partial charge in [-0.25, -0.2) is 0 Å². The zero-order chi connectivity index (χ0) is 9.78. The first kappa shape index (κ1) is 11.9. The maximum Gasteiger partial charge on any atom is 0.0331 e. The Hall–Kier alpha value is -0.0800. The first-order valence-corrected chi connectivity index (χ1v) is 4.89. The van der Waals surface area contributed by atoms with Crippen LogP contribution in [0.2, 0.25) is 0 Å². The summed E-state index contributed by atoms with van der Waals surface area (Å²) in [6.45, 7) is 5.21. The van der Waals surface area contributed by atoms with Crippen LogP contribution >= 0.6 is 0 Å². The molecule has 0 unspecified atom stereocenters. The molecule has 0 aromatic heterocycles. The molecule has 0 spiro atoms. The number of rotatable bonds is 3. The molecule has 2 nitrogen and oxygen atoms in total. The van der Waals surface area contributed by atoms with E-state index in [-0.39, 0.29) is 0 Å². The summed E-state index contributed by atoms with van der Waals surface area (Å²) >= 11 is 0. The molecule has 74 valence electrons. The van der Waals surface area contributed by atoms with Crippen molar-refractivity contribution in [1.82, 2.24) is 9.80 Å². The van der Waals surface area contributed by atoms with Crippen LogP contribution in [0.15, 0.2) is 0 Å². The SMILES string of the molecule is CC.CN(C)CC1(N(C)C)CC1. The summed E-state index contributed by atoms with van der Waals surface area (Å²) in [5.41, 5.74) is 0.531. The average molecular weight is 172 g/mol. The van der Waals surface area contributed by atoms with Gasteiger partial charge in [-0.15, -0.1) is 0 Å². The van der Waals surface area contributed by atoms with E-state index in [1.54, 1.807) is 0 Å². The maximum absolute atomic E-state index is 2.35. The average Bonchev–Trinajstić information content (AvgIpc) is 2.72. The lowest BCUT2D eigenvalue weighted by atomic mass is 10.2. The molecule has 1 aliphatic carbocycles. The summed E-state index contributed by atoms with van der Waals surface area (Å²) in [4.78, 5) is 4.62. The Morgan fingerprint density at radius 2 is 1.42 bits per heavy atom. The molecule has 0 heterocycles. The van der Waals surface area contributed by atoms with E-state index >= 15 is 0 Å². The van der Waals surface area contributed by atoms with Crippen molar-refractivity contribution in [2.75, 3.05) is 34.7 Å². The molecule has 1 saturated carbocycles. The predicted octanol–water partition coefficient (Wildman–Crippen LogP) is 1.67. The number of hydrogen-bond donors (Lipinski definition) is 0. The van der Waals surface area contributed by atoms with Crippen molar-refractivity contribution in [1.29, 1.82) is 0 Å². The van der Waals surface area contributed by atoms with Crippen LogP contribution in [-0.4, -0.2) is 50.1 Å². The number of nitrogens with zero attached hydrogens (tertiary/aromatic N) is 2. The van der Waals surface area contributed by atoms with Crippen molar-refractivity contribution >= 4 is 0 Å². The minimum atomic E-state index is 0.531. The fourth-order valence-corrected chi connectivity index (χ4v) is 1.48. The molecule has 0 atom stereocenters. The van der Waals surface area contributed by atoms with Gasteiger partial charge in [-0.1, -0.05) is 13.8 Å². The second-order valence-corrected chi connectivity index (χ2v) is 3.86. The van der Waals surface area contributed by atoms with E-state index in [1.165, 1.54) is 19.4 Å². The summed E-state index contributed by atoms with van der Waals surface area (Å²) in [5, 5.41) is 0. The lowest BCUT2D eigenvalue weighted by Gasteiger charge is -2.26. The van der Waals surface area contributed by atoms with Gasteiger partial charge < -0.3 is 9.80 Å². The quantitative estimate of drug-likeness (QED) is 0.639. The van der Waals surface area contributed by atoms with Crippen LogP contribution in [0.3, 0.4) is 0 Å². The van der Waals surface area contributed by atoms with Gasteiger partial charge in [0, 0.05) is 12.1 Å². The van der Waals surface area contributed by atoms with E-state index in [9.17, 15) is 0 Å². The van der Waals surface area contributed by atoms with E-state index in [0.717, 1.165) is 0 Å². The zero-order valence-electron chi connectivity index (χ0n) is 9.52. The third-order valence-electron chi connectivity index (χ3n) is 2.39. The molecule has 0 aliphatic heterocycles. The molecule has 0 radical (unpaired) electrons. The second-order valence-electron chi connectivity index (χ2n) is 3.86. The predicted molar refractivity (Wildman–Crippen MR) is 55.6 cm³/mol. The van der Waals surface area contributed by atoms with Gasteiger partial charge in [0.15, 0.2) is 0 Å². The lowest BCUT2D eigenvalue weighted by molar-refractivity contribution is 0.209. The third kappa shape index (κ3) is 3.11. The monoisotopic (exact) mass is 172 g/mol. The summed E-state index contributed by atoms with van der Waals surface area (Å²) in [6, 6.07) is 0. The smallest absolute Gasteiger partial charge is 0.0331 e. The third-order valence-corrected chi connectivity index (χ3v) is 2.39. The molecule has 0 amide bonds. The molecule has 2 heteroatoms. The van der Waals surface area contributed by atoms with Gasteiger partial charge in [0.1, 0.15) is 0 Å². The first-order valence-electron chi connectivity index (χ1n) is 4.89. The van der Waals surface area contributed by atoms with Crippen molar-refractivity contribution < 1.29 is 0 Å². The van der Waals surface area contributed by atoms with E-state index in [1.807, 2.05) is 13.8 Å². The lowest BCUT2D eigenvalue weighted by Crippen LogP contribution is -2.39. The molecular formula is C10H24N2. The van der Waals surface area contributed by atoms with Crippen molar-refractivity contribution in [2.45, 2.75) is 32.2 Å². The van der Waals surface area contributed by atoms with E-state index < -0.39 is 0 Å². The summed E-state index contributed by atoms with van der Waals surface area (Å²) in [6.07, 6.45) is 2.75. The van der Waals surface area contributed by atoms with E-state index in [0.29, 0.717) is 5.54 Å². The highest BCUT2D eigenvalue weighted by atomic mass is 15.2. The standard InChI is InChI=1S/C8H18N2.C2H6/c1-9(2)7-8(5-6-8)10(3)4;1-2/h5-7H2,1-4H3;1-2H3. The molecule has 1 rings (SSSR count). The first-order chi connectivity index (χ1) is 5.57. The van der Waals surface area contributed by atoms with Crippen molar-refractivity contribution in [3.8, 4) is 0 Å². The Kier molecular flexibility index (Phi) is 4.80. The number of hydrogen-bond acceptors (Lipinski definition) is 2. The fourth-order valence-electron chi connectivity index (χ4n) is 1.48. The van der Waals surface area contributed by atoms with Gasteiger partial charge in [0.05, 0.1) is 0 Å². The zero-order valence-corrected chi connectivity index (χ0v) is 9.52. The summed E-state index contributed by atoms with van der Waals surface area (Å²) < 4.78 is 0. The summed E-state index contributed by atoms with van der Waals surface area (Å²) in [7, 11) is 8.64. The highest BCUT2D eigenvalue weighted by Crippen LogP contribution is 2.40. The molecule has 1 aliphatic rings. The normalized spacial score (nSPS) is 19.0. The highest BCUT2D eigenvalue weighted by Gasteiger charge is 2.44. The topological polar surface area (TPSA) is 6.48 Å². The van der Waals surface area contributed by atoms with Crippen LogP contribution in [0.4, 0.5) is 0 Å². The van der Waals surface area contributed by atoms with Gasteiger partial charge in [-0.2, -0.15) is 0 Å². The minimum absolute atomic E-state index is 0.531. The van der Waals surface area contributed by atoms with Crippen LogP contribution < -0.4 is 0 Å². The van der Waals surface area contributed by atoms with Crippen LogP contribution in [0.1, 0.15) is 26.7 Å². The molecule has 12 heavy (non-hydrogen) atoms. The number of likely N-dealkylation sites (N-methyl/N-ethyl adjacent to an activating group) is 2. The van der Waals surface area contributed by atoms with Crippen molar-refractivity contribution in [3.63, 3.8) is 0 Å². The van der Waals surface area contributed by atoms with Gasteiger partial charge in [0.25, 0.3) is 0 Å². The molecular weight excluding hydrogens is 148 g/mol. The molecule has 0 aromatic carbocycles. The second kappa shape index (κ2) is 4.83.